The minimum atomic E-state index is -4.04. The smallest absolute Gasteiger partial charge is 0.242 e. The first-order valence-electron chi connectivity index (χ1n) is 21.3. The van der Waals surface area contributed by atoms with Crippen molar-refractivity contribution in [3.63, 3.8) is 0 Å². The van der Waals surface area contributed by atoms with Gasteiger partial charge in [-0.2, -0.15) is 4.72 Å². The van der Waals surface area contributed by atoms with Crippen LogP contribution in [0.1, 0.15) is 47.1 Å². The fourth-order valence-corrected chi connectivity index (χ4v) is 8.44. The number of hydrogen-bond acceptors (Lipinski definition) is 12. The summed E-state index contributed by atoms with van der Waals surface area (Å²) in [6, 6.07) is 29.6. The van der Waals surface area contributed by atoms with Crippen LogP contribution < -0.4 is 10.0 Å². The minimum Gasteiger partial charge on any atom is -0.392 e. The molecule has 15 heteroatoms. The zero-order chi connectivity index (χ0) is 43.6. The second-order valence-electron chi connectivity index (χ2n) is 15.5. The van der Waals surface area contributed by atoms with E-state index in [2.05, 4.69) is 21.9 Å². The van der Waals surface area contributed by atoms with Crippen molar-refractivity contribution in [2.45, 2.75) is 56.3 Å². The summed E-state index contributed by atoms with van der Waals surface area (Å²) in [5.41, 5.74) is 4.58. The molecule has 0 aliphatic carbocycles. The summed E-state index contributed by atoms with van der Waals surface area (Å²) in [6.45, 7) is 10.6. The maximum atomic E-state index is 14.0. The second kappa shape index (κ2) is 24.7. The standard InChI is InChI=1S/C47H61N3O11S/c1-35-11-17-42(18-12-35)62(53,54)49-43(31-37-7-4-3-5-8-37)46(52)48-41-10-6-9-40(32-41)47-60-44(36(2)45(61-47)39-15-13-38(34-51)14-16-39)33-50-19-21-55-23-25-57-27-29-59-30-28-58-26-24-56-22-20-50/h3-18,32,36,43-45,47,49,51H,19-31,33-34H2,1-2H3,(H,48,52)/t36-,43+,44+,45+,47?/m0/s1. The van der Waals surface area contributed by atoms with E-state index in [4.69, 9.17) is 33.2 Å². The van der Waals surface area contributed by atoms with E-state index in [9.17, 15) is 18.3 Å². The summed E-state index contributed by atoms with van der Waals surface area (Å²) in [6.07, 6.45) is -1.36. The van der Waals surface area contributed by atoms with Gasteiger partial charge in [0.15, 0.2) is 6.29 Å². The molecule has 5 atom stereocenters. The van der Waals surface area contributed by atoms with Crippen LogP contribution in [-0.2, 0) is 61.0 Å². The van der Waals surface area contributed by atoms with Gasteiger partial charge < -0.3 is 43.6 Å². The van der Waals surface area contributed by atoms with Crippen LogP contribution in [0.4, 0.5) is 5.69 Å². The Morgan fingerprint density at radius 1 is 0.710 bits per heavy atom. The fourth-order valence-electron chi connectivity index (χ4n) is 7.25. The summed E-state index contributed by atoms with van der Waals surface area (Å²) in [4.78, 5) is 16.4. The van der Waals surface area contributed by atoms with Crippen LogP contribution >= 0.6 is 0 Å². The van der Waals surface area contributed by atoms with E-state index in [0.29, 0.717) is 97.0 Å². The van der Waals surface area contributed by atoms with Crippen LogP contribution in [0.2, 0.25) is 0 Å². The van der Waals surface area contributed by atoms with E-state index in [1.807, 2.05) is 73.7 Å². The quantitative estimate of drug-likeness (QED) is 0.171. The highest BCUT2D eigenvalue weighted by Crippen LogP contribution is 2.42. The average molecular weight is 876 g/mol. The topological polar surface area (TPSA) is 163 Å². The van der Waals surface area contributed by atoms with Crippen LogP contribution in [0.15, 0.2) is 108 Å². The Kier molecular flexibility index (Phi) is 18.9. The van der Waals surface area contributed by atoms with Crippen molar-refractivity contribution in [1.82, 2.24) is 9.62 Å². The molecule has 14 nitrogen and oxygen atoms in total. The van der Waals surface area contributed by atoms with Crippen molar-refractivity contribution >= 4 is 21.6 Å². The van der Waals surface area contributed by atoms with Gasteiger partial charge >= 0.3 is 0 Å². The van der Waals surface area contributed by atoms with Gasteiger partial charge in [-0.3, -0.25) is 9.69 Å². The molecule has 4 aromatic carbocycles. The molecule has 0 saturated carbocycles. The van der Waals surface area contributed by atoms with E-state index in [-0.39, 0.29) is 36.0 Å². The third kappa shape index (κ3) is 14.7. The van der Waals surface area contributed by atoms with Crippen molar-refractivity contribution in [2.75, 3.05) is 91.0 Å². The zero-order valence-electron chi connectivity index (χ0n) is 35.7. The van der Waals surface area contributed by atoms with Gasteiger partial charge in [0.05, 0.1) is 89.8 Å². The van der Waals surface area contributed by atoms with E-state index < -0.39 is 28.3 Å². The van der Waals surface area contributed by atoms with Crippen molar-refractivity contribution in [1.29, 1.82) is 0 Å². The number of carbonyl (C=O) groups is 1. The molecule has 1 amide bonds. The van der Waals surface area contributed by atoms with Crippen LogP contribution in [0, 0.1) is 12.8 Å². The monoisotopic (exact) mass is 875 g/mol. The first-order chi connectivity index (χ1) is 30.2. The van der Waals surface area contributed by atoms with Crippen molar-refractivity contribution in [3.05, 3.63) is 131 Å². The van der Waals surface area contributed by atoms with Crippen LogP contribution in [0.3, 0.4) is 0 Å². The highest BCUT2D eigenvalue weighted by atomic mass is 32.2. The van der Waals surface area contributed by atoms with Gasteiger partial charge in [0.2, 0.25) is 15.9 Å². The lowest BCUT2D eigenvalue weighted by Crippen LogP contribution is -2.46. The van der Waals surface area contributed by atoms with Gasteiger partial charge in [-0.05, 0) is 54.3 Å². The number of carbonyl (C=O) groups excluding carboxylic acids is 1. The lowest BCUT2D eigenvalue weighted by atomic mass is 9.90. The van der Waals surface area contributed by atoms with Gasteiger partial charge in [-0.25, -0.2) is 8.42 Å². The molecule has 0 aromatic heterocycles. The normalized spacial score (nSPS) is 22.5. The Labute approximate surface area is 365 Å². The third-order valence-corrected chi connectivity index (χ3v) is 12.3. The van der Waals surface area contributed by atoms with E-state index in [1.165, 1.54) is 12.1 Å². The summed E-state index contributed by atoms with van der Waals surface area (Å²) >= 11 is 0. The Bertz CT molecular complexity index is 2020. The predicted octanol–water partition coefficient (Wildman–Crippen LogP) is 5.21. The predicted molar refractivity (Wildman–Crippen MR) is 234 cm³/mol. The molecule has 62 heavy (non-hydrogen) atoms. The number of aliphatic hydroxyl groups excluding tert-OH is 1. The van der Waals surface area contributed by atoms with Crippen molar-refractivity contribution < 1.29 is 51.5 Å². The number of anilines is 1. The molecule has 6 rings (SSSR count). The summed E-state index contributed by atoms with van der Waals surface area (Å²) < 4.78 is 72.0. The number of aliphatic hydroxyl groups is 1. The fraction of sp³-hybridized carbons (Fsp3) is 0.468. The van der Waals surface area contributed by atoms with Crippen LogP contribution in [0.5, 0.6) is 0 Å². The number of ether oxygens (including phenoxy) is 7. The molecule has 0 radical (unpaired) electrons. The van der Waals surface area contributed by atoms with E-state index in [1.54, 1.807) is 24.3 Å². The number of benzene rings is 4. The SMILES string of the molecule is Cc1ccc(S(=O)(=O)N[C@H](Cc2ccccc2)C(=O)Nc2cccc(C3O[C@H](CN4CCOCCOCCOCCOCCOCC4)[C@H](C)[C@H](c4ccc(CO)cc4)O3)c2)cc1. The molecule has 336 valence electrons. The van der Waals surface area contributed by atoms with Gasteiger partial charge in [0.25, 0.3) is 0 Å². The molecule has 2 fully saturated rings. The van der Waals surface area contributed by atoms with Gasteiger partial charge in [-0.1, -0.05) is 91.3 Å². The largest absolute Gasteiger partial charge is 0.392 e. The Hall–Kier alpha value is -4.10. The van der Waals surface area contributed by atoms with Gasteiger partial charge in [0, 0.05) is 36.8 Å². The molecular weight excluding hydrogens is 815 g/mol. The molecule has 2 heterocycles. The van der Waals surface area contributed by atoms with Crippen LogP contribution in [0.25, 0.3) is 0 Å². The summed E-state index contributed by atoms with van der Waals surface area (Å²) in [5, 5.41) is 12.7. The lowest BCUT2D eigenvalue weighted by Gasteiger charge is -2.43. The Balaban J connectivity index is 1.20. The van der Waals surface area contributed by atoms with Crippen molar-refractivity contribution in [2.24, 2.45) is 5.92 Å². The number of nitrogens with one attached hydrogen (secondary N) is 2. The number of hydrogen-bond donors (Lipinski definition) is 3. The van der Waals surface area contributed by atoms with Gasteiger partial charge in [0.1, 0.15) is 6.04 Å². The summed E-state index contributed by atoms with van der Waals surface area (Å²) in [7, 11) is -4.04. The average Bonchev–Trinajstić information content (AvgIpc) is 3.28. The molecule has 0 spiro atoms. The highest BCUT2D eigenvalue weighted by molar-refractivity contribution is 7.89. The molecule has 3 N–H and O–H groups in total. The zero-order valence-corrected chi connectivity index (χ0v) is 36.5. The first-order valence-corrected chi connectivity index (χ1v) is 22.8. The Morgan fingerprint density at radius 2 is 1.31 bits per heavy atom. The molecule has 4 aromatic rings. The van der Waals surface area contributed by atoms with Crippen LogP contribution in [-0.4, -0.2) is 122 Å². The molecule has 2 saturated heterocycles. The molecular formula is C47H61N3O11S. The maximum absolute atomic E-state index is 14.0. The van der Waals surface area contributed by atoms with E-state index in [0.717, 1.165) is 22.3 Å². The lowest BCUT2D eigenvalue weighted by molar-refractivity contribution is -0.276. The first kappa shape index (κ1) is 47.4. The maximum Gasteiger partial charge on any atom is 0.242 e. The molecule has 0 bridgehead atoms. The number of amides is 1. The molecule has 1 unspecified atom stereocenters. The number of aryl methyl sites for hydroxylation is 1. The molecule has 2 aliphatic rings. The van der Waals surface area contributed by atoms with Crippen molar-refractivity contribution in [3.8, 4) is 0 Å². The number of sulfonamides is 1. The van der Waals surface area contributed by atoms with Gasteiger partial charge in [-0.15, -0.1) is 0 Å². The van der Waals surface area contributed by atoms with E-state index >= 15 is 0 Å². The number of rotatable bonds is 12. The highest BCUT2D eigenvalue weighted by Gasteiger charge is 2.39. The Morgan fingerprint density at radius 3 is 1.90 bits per heavy atom. The molecule has 2 aliphatic heterocycles. The minimum absolute atomic E-state index is 0.0698. The third-order valence-electron chi connectivity index (χ3n) is 10.8. The number of nitrogens with zero attached hydrogens (tertiary/aromatic N) is 1. The summed E-state index contributed by atoms with van der Waals surface area (Å²) in [5.74, 6) is -0.607. The second-order valence-corrected chi connectivity index (χ2v) is 17.2.